The molecule has 0 radical (unpaired) electrons. The largest absolute Gasteiger partial charge is 0.372 e. The van der Waals surface area contributed by atoms with E-state index in [0.717, 1.165) is 30.6 Å². The van der Waals surface area contributed by atoms with Crippen molar-refractivity contribution in [1.29, 1.82) is 0 Å². The zero-order valence-corrected chi connectivity index (χ0v) is 18.5. The van der Waals surface area contributed by atoms with Crippen molar-refractivity contribution in [2.75, 3.05) is 18.0 Å². The van der Waals surface area contributed by atoms with E-state index in [1.54, 1.807) is 12.1 Å². The number of sulfonamides is 1. The van der Waals surface area contributed by atoms with E-state index in [1.807, 2.05) is 12.1 Å². The Balaban J connectivity index is 1.22. The predicted octanol–water partition coefficient (Wildman–Crippen LogP) is 3.65. The van der Waals surface area contributed by atoms with Crippen LogP contribution in [-0.2, 0) is 10.0 Å². The first-order valence-electron chi connectivity index (χ1n) is 11.2. The van der Waals surface area contributed by atoms with Crippen molar-refractivity contribution in [3.05, 3.63) is 24.3 Å². The van der Waals surface area contributed by atoms with Gasteiger partial charge < -0.3 is 10.2 Å². The Hall–Kier alpha value is -1.34. The summed E-state index contributed by atoms with van der Waals surface area (Å²) in [6.45, 7) is 2.09. The van der Waals surface area contributed by atoms with Gasteiger partial charge in [0, 0.05) is 24.8 Å². The van der Waals surface area contributed by atoms with Gasteiger partial charge in [-0.05, 0) is 112 Å². The maximum absolute atomic E-state index is 12.8. The van der Waals surface area contributed by atoms with Gasteiger partial charge in [0.1, 0.15) is 0 Å². The molecule has 1 heterocycles. The highest BCUT2D eigenvalue weighted by Crippen LogP contribution is 2.53. The van der Waals surface area contributed by atoms with Crippen molar-refractivity contribution < 1.29 is 8.42 Å². The molecule has 4 bridgehead atoms. The number of rotatable bonds is 4. The van der Waals surface area contributed by atoms with E-state index in [0.29, 0.717) is 17.9 Å². The van der Waals surface area contributed by atoms with Crippen molar-refractivity contribution in [3.63, 3.8) is 0 Å². The summed E-state index contributed by atoms with van der Waals surface area (Å²) in [5.74, 6) is 3.08. The van der Waals surface area contributed by atoms with Gasteiger partial charge >= 0.3 is 0 Å². The van der Waals surface area contributed by atoms with Gasteiger partial charge in [0.15, 0.2) is 5.11 Å². The van der Waals surface area contributed by atoms with Crippen molar-refractivity contribution in [2.45, 2.75) is 62.3 Å². The second-order valence-electron chi connectivity index (χ2n) is 9.58. The second-order valence-corrected chi connectivity index (χ2v) is 11.7. The van der Waals surface area contributed by atoms with Gasteiger partial charge in [-0.15, -0.1) is 0 Å². The van der Waals surface area contributed by atoms with Gasteiger partial charge in [-0.3, -0.25) is 4.72 Å². The molecule has 7 heteroatoms. The minimum atomic E-state index is -3.66. The smallest absolute Gasteiger partial charge is 0.263 e. The van der Waals surface area contributed by atoms with E-state index in [-0.39, 0.29) is 10.0 Å². The topological polar surface area (TPSA) is 61.4 Å². The van der Waals surface area contributed by atoms with Crippen molar-refractivity contribution in [3.8, 4) is 0 Å². The lowest BCUT2D eigenvalue weighted by Gasteiger charge is -2.54. The fraction of sp³-hybridized carbons (Fsp3) is 0.682. The lowest BCUT2D eigenvalue weighted by Crippen LogP contribution is -2.57. The molecule has 0 amide bonds. The molecule has 6 rings (SSSR count). The van der Waals surface area contributed by atoms with Crippen LogP contribution in [-0.4, -0.2) is 32.7 Å². The van der Waals surface area contributed by atoms with E-state index in [2.05, 4.69) is 14.9 Å². The van der Waals surface area contributed by atoms with Crippen LogP contribution in [0.3, 0.4) is 0 Å². The van der Waals surface area contributed by atoms with E-state index in [1.165, 1.54) is 51.4 Å². The highest BCUT2D eigenvalue weighted by Gasteiger charge is 2.48. The van der Waals surface area contributed by atoms with E-state index < -0.39 is 10.0 Å². The summed E-state index contributed by atoms with van der Waals surface area (Å²) in [4.78, 5) is 2.60. The molecule has 0 aromatic heterocycles. The first-order chi connectivity index (χ1) is 14.0. The van der Waals surface area contributed by atoms with Crippen LogP contribution in [0.1, 0.15) is 51.4 Å². The summed E-state index contributed by atoms with van der Waals surface area (Å²) >= 11 is 5.42. The first kappa shape index (κ1) is 19.6. The Morgan fingerprint density at radius 1 is 0.897 bits per heavy atom. The Morgan fingerprint density at radius 3 is 2.07 bits per heavy atom. The van der Waals surface area contributed by atoms with Crippen LogP contribution in [0.4, 0.5) is 5.69 Å². The molecule has 0 spiro atoms. The maximum atomic E-state index is 12.8. The average molecular weight is 434 g/mol. The number of anilines is 1. The summed E-state index contributed by atoms with van der Waals surface area (Å²) in [6, 6.07) is 7.54. The number of nitrogens with zero attached hydrogens (tertiary/aromatic N) is 1. The SMILES string of the molecule is O=S(=O)(NC(=S)NC1C2CC3CC(C2)CC1C3)c1ccc(N2CCCCC2)cc1. The molecule has 0 unspecified atom stereocenters. The molecule has 1 saturated heterocycles. The molecule has 5 fully saturated rings. The summed E-state index contributed by atoms with van der Waals surface area (Å²) in [6.07, 6.45) is 10.2. The molecule has 1 aromatic rings. The van der Waals surface area contributed by atoms with Crippen LogP contribution in [0, 0.1) is 23.7 Å². The van der Waals surface area contributed by atoms with Gasteiger partial charge in [-0.25, -0.2) is 8.42 Å². The van der Waals surface area contributed by atoms with Gasteiger partial charge in [0.2, 0.25) is 0 Å². The minimum absolute atomic E-state index is 0.252. The van der Waals surface area contributed by atoms with Crippen LogP contribution in [0.15, 0.2) is 29.2 Å². The van der Waals surface area contributed by atoms with Crippen LogP contribution in [0.2, 0.25) is 0 Å². The molecule has 2 N–H and O–H groups in total. The molecule has 5 aliphatic rings. The second kappa shape index (κ2) is 7.73. The Kier molecular flexibility index (Phi) is 5.23. The lowest BCUT2D eigenvalue weighted by molar-refractivity contribution is -0.00683. The van der Waals surface area contributed by atoms with Gasteiger partial charge in [-0.2, -0.15) is 0 Å². The molecular weight excluding hydrogens is 402 g/mol. The van der Waals surface area contributed by atoms with Crippen molar-refractivity contribution in [2.24, 2.45) is 23.7 Å². The average Bonchev–Trinajstić information content (AvgIpc) is 2.71. The summed E-state index contributed by atoms with van der Waals surface area (Å²) in [5, 5.41) is 3.64. The number of piperidine rings is 1. The minimum Gasteiger partial charge on any atom is -0.372 e. The zero-order valence-electron chi connectivity index (χ0n) is 16.8. The van der Waals surface area contributed by atoms with Crippen LogP contribution in [0.5, 0.6) is 0 Å². The third-order valence-corrected chi connectivity index (χ3v) is 9.33. The molecule has 4 saturated carbocycles. The normalized spacial score (nSPS) is 33.5. The zero-order chi connectivity index (χ0) is 20.0. The third kappa shape index (κ3) is 4.00. The Bertz CT molecular complexity index is 835. The van der Waals surface area contributed by atoms with Gasteiger partial charge in [-0.1, -0.05) is 0 Å². The van der Waals surface area contributed by atoms with Crippen molar-refractivity contribution in [1.82, 2.24) is 10.0 Å². The lowest BCUT2D eigenvalue weighted by atomic mass is 9.54. The number of hydrogen-bond acceptors (Lipinski definition) is 4. The fourth-order valence-corrected chi connectivity index (χ4v) is 7.89. The van der Waals surface area contributed by atoms with E-state index in [4.69, 9.17) is 12.2 Å². The molecule has 0 atom stereocenters. The summed E-state index contributed by atoms with van der Waals surface area (Å²) < 4.78 is 28.3. The molecule has 5 nitrogen and oxygen atoms in total. The number of benzene rings is 1. The number of nitrogens with one attached hydrogen (secondary N) is 2. The van der Waals surface area contributed by atoms with E-state index in [9.17, 15) is 8.42 Å². The Morgan fingerprint density at radius 2 is 1.48 bits per heavy atom. The standard InChI is InChI=1S/C22H31N3O2S2/c26-29(27,20-6-4-19(5-7-20)25-8-2-1-3-9-25)24-22(28)23-21-17-11-15-10-16(13-17)14-18(21)12-15/h4-7,15-18,21H,1-3,8-14H2,(H2,23,24,28). The van der Waals surface area contributed by atoms with Crippen LogP contribution < -0.4 is 14.9 Å². The number of hydrogen-bond donors (Lipinski definition) is 2. The van der Waals surface area contributed by atoms with Crippen LogP contribution >= 0.6 is 12.2 Å². The van der Waals surface area contributed by atoms with Crippen molar-refractivity contribution >= 4 is 33.0 Å². The number of thiocarbonyl (C=S) groups is 1. The first-order valence-corrected chi connectivity index (χ1v) is 13.1. The highest BCUT2D eigenvalue weighted by atomic mass is 32.2. The van der Waals surface area contributed by atoms with Crippen LogP contribution in [0.25, 0.3) is 0 Å². The molecule has 29 heavy (non-hydrogen) atoms. The predicted molar refractivity (Wildman–Crippen MR) is 119 cm³/mol. The summed E-state index contributed by atoms with van der Waals surface area (Å²) in [7, 11) is -3.66. The Labute approximate surface area is 179 Å². The molecular formula is C22H31N3O2S2. The van der Waals surface area contributed by atoms with Gasteiger partial charge in [0.05, 0.1) is 4.90 Å². The quantitative estimate of drug-likeness (QED) is 0.710. The maximum Gasteiger partial charge on any atom is 0.263 e. The molecule has 1 aliphatic heterocycles. The molecule has 158 valence electrons. The fourth-order valence-electron chi connectivity index (χ4n) is 6.51. The molecule has 4 aliphatic carbocycles. The molecule has 1 aromatic carbocycles. The third-order valence-electron chi connectivity index (χ3n) is 7.62. The van der Waals surface area contributed by atoms with E-state index >= 15 is 0 Å². The summed E-state index contributed by atoms with van der Waals surface area (Å²) in [5.41, 5.74) is 1.10. The monoisotopic (exact) mass is 433 g/mol. The highest BCUT2D eigenvalue weighted by molar-refractivity contribution is 7.91. The van der Waals surface area contributed by atoms with Gasteiger partial charge in [0.25, 0.3) is 10.0 Å².